The number of hydrazine groups is 1. The van der Waals surface area contributed by atoms with Crippen molar-refractivity contribution in [1.29, 1.82) is 0 Å². The van der Waals surface area contributed by atoms with Crippen molar-refractivity contribution in [1.82, 2.24) is 20.3 Å². The van der Waals surface area contributed by atoms with Crippen molar-refractivity contribution in [3.8, 4) is 0 Å². The molecule has 142 valence electrons. The summed E-state index contributed by atoms with van der Waals surface area (Å²) in [6.07, 6.45) is 8.88. The average Bonchev–Trinajstić information content (AvgIpc) is 3.33. The number of aromatic nitrogens is 1. The van der Waals surface area contributed by atoms with Crippen LogP contribution in [0.3, 0.4) is 0 Å². The van der Waals surface area contributed by atoms with Crippen molar-refractivity contribution >= 4 is 11.9 Å². The fourth-order valence-electron chi connectivity index (χ4n) is 3.82. The lowest BCUT2D eigenvalue weighted by molar-refractivity contribution is 0.170. The molecule has 0 saturated carbocycles. The third kappa shape index (κ3) is 3.40. The van der Waals surface area contributed by atoms with Crippen LogP contribution in [0.4, 0.5) is 4.39 Å². The van der Waals surface area contributed by atoms with Gasteiger partial charge in [0, 0.05) is 37.0 Å². The Morgan fingerprint density at radius 3 is 3.19 bits per heavy atom. The van der Waals surface area contributed by atoms with E-state index in [9.17, 15) is 4.39 Å². The second-order valence-electron chi connectivity index (χ2n) is 6.74. The van der Waals surface area contributed by atoms with Gasteiger partial charge in [0.05, 0.1) is 24.5 Å². The summed E-state index contributed by atoms with van der Waals surface area (Å²) in [5.74, 6) is 1.46. The van der Waals surface area contributed by atoms with Crippen LogP contribution in [0.5, 0.6) is 0 Å². The quantitative estimate of drug-likeness (QED) is 0.865. The zero-order chi connectivity index (χ0) is 18.8. The first-order chi connectivity index (χ1) is 13.2. The summed E-state index contributed by atoms with van der Waals surface area (Å²) in [7, 11) is 0. The molecule has 0 spiro atoms. The number of halogens is 1. The van der Waals surface area contributed by atoms with Crippen LogP contribution < -0.4 is 5.43 Å². The van der Waals surface area contributed by atoms with Gasteiger partial charge >= 0.3 is 0 Å². The summed E-state index contributed by atoms with van der Waals surface area (Å²) in [4.78, 5) is 11.3. The van der Waals surface area contributed by atoms with E-state index in [0.717, 1.165) is 54.4 Å². The standard InChI is InChI=1S/C20H24FN5O/c1-3-17-16(10-15(21)12-22-17)18-6-5-8-25(18)19-7-9-26-20(24-19)14(11-23-26)13-27-4-2/h3,7,9-10,12,18,23H,1,4-6,8,11,13H2,2H3. The van der Waals surface area contributed by atoms with E-state index >= 15 is 0 Å². The monoisotopic (exact) mass is 369 g/mol. The van der Waals surface area contributed by atoms with E-state index in [1.165, 1.54) is 6.20 Å². The van der Waals surface area contributed by atoms with Crippen LogP contribution in [-0.2, 0) is 4.74 Å². The minimum Gasteiger partial charge on any atom is -0.377 e. The topological polar surface area (TPSA) is 53.0 Å². The molecule has 1 N–H and O–H groups in total. The van der Waals surface area contributed by atoms with Gasteiger partial charge < -0.3 is 9.64 Å². The lowest BCUT2D eigenvalue weighted by Gasteiger charge is -2.30. The minimum absolute atomic E-state index is 0.0430. The van der Waals surface area contributed by atoms with E-state index in [-0.39, 0.29) is 11.9 Å². The summed E-state index contributed by atoms with van der Waals surface area (Å²) in [5, 5.41) is 1.93. The van der Waals surface area contributed by atoms with Gasteiger partial charge in [-0.1, -0.05) is 6.58 Å². The third-order valence-electron chi connectivity index (χ3n) is 5.10. The molecule has 4 rings (SSSR count). The van der Waals surface area contributed by atoms with E-state index in [0.29, 0.717) is 13.2 Å². The van der Waals surface area contributed by atoms with Crippen LogP contribution >= 0.6 is 0 Å². The highest BCUT2D eigenvalue weighted by molar-refractivity contribution is 5.95. The van der Waals surface area contributed by atoms with E-state index in [1.54, 1.807) is 12.1 Å². The molecule has 0 amide bonds. The predicted octanol–water partition coefficient (Wildman–Crippen LogP) is 2.99. The molecule has 0 bridgehead atoms. The van der Waals surface area contributed by atoms with Gasteiger partial charge in [-0.15, -0.1) is 0 Å². The Bertz CT molecular complexity index is 832. The first-order valence-corrected chi connectivity index (χ1v) is 9.35. The van der Waals surface area contributed by atoms with Gasteiger partial charge in [-0.2, -0.15) is 0 Å². The number of amidine groups is 1. The maximum atomic E-state index is 13.9. The maximum Gasteiger partial charge on any atom is 0.152 e. The third-order valence-corrected chi connectivity index (χ3v) is 5.10. The van der Waals surface area contributed by atoms with Gasteiger partial charge in [-0.25, -0.2) is 14.8 Å². The molecule has 0 aliphatic carbocycles. The molecule has 0 radical (unpaired) electrons. The first kappa shape index (κ1) is 17.9. The van der Waals surface area contributed by atoms with Gasteiger partial charge in [0.15, 0.2) is 5.82 Å². The summed E-state index contributed by atoms with van der Waals surface area (Å²) in [6, 6.07) is 1.62. The summed E-state index contributed by atoms with van der Waals surface area (Å²) < 4.78 is 19.4. The Kier molecular flexibility index (Phi) is 5.05. The number of aliphatic imine (C=N–C) groups is 1. The number of pyridine rings is 1. The van der Waals surface area contributed by atoms with Crippen LogP contribution in [0, 0.1) is 5.82 Å². The van der Waals surface area contributed by atoms with Gasteiger partial charge in [-0.05, 0) is 38.0 Å². The van der Waals surface area contributed by atoms with Gasteiger partial charge in [0.25, 0.3) is 0 Å². The Morgan fingerprint density at radius 2 is 2.37 bits per heavy atom. The molecule has 1 atom stereocenters. The lowest BCUT2D eigenvalue weighted by Crippen LogP contribution is -2.35. The summed E-state index contributed by atoms with van der Waals surface area (Å²) >= 11 is 0. The van der Waals surface area contributed by atoms with Crippen LogP contribution in [0.2, 0.25) is 0 Å². The number of nitrogens with zero attached hydrogens (tertiary/aromatic N) is 4. The number of rotatable bonds is 5. The predicted molar refractivity (Wildman–Crippen MR) is 103 cm³/mol. The zero-order valence-electron chi connectivity index (χ0n) is 15.5. The molecule has 6 nitrogen and oxygen atoms in total. The van der Waals surface area contributed by atoms with E-state index in [2.05, 4.69) is 21.9 Å². The zero-order valence-corrected chi connectivity index (χ0v) is 15.5. The smallest absolute Gasteiger partial charge is 0.152 e. The van der Waals surface area contributed by atoms with E-state index in [1.807, 2.05) is 24.2 Å². The van der Waals surface area contributed by atoms with Gasteiger partial charge in [0.1, 0.15) is 11.7 Å². The molecule has 0 aromatic carbocycles. The highest BCUT2D eigenvalue weighted by atomic mass is 19.1. The Morgan fingerprint density at radius 1 is 1.48 bits per heavy atom. The number of likely N-dealkylation sites (tertiary alicyclic amines) is 1. The van der Waals surface area contributed by atoms with Crippen molar-refractivity contribution in [2.75, 3.05) is 26.3 Å². The average molecular weight is 369 g/mol. The fourth-order valence-corrected chi connectivity index (χ4v) is 3.82. The highest BCUT2D eigenvalue weighted by Crippen LogP contribution is 2.36. The van der Waals surface area contributed by atoms with Gasteiger partial charge in [-0.3, -0.25) is 9.99 Å². The highest BCUT2D eigenvalue weighted by Gasteiger charge is 2.32. The normalized spacial score (nSPS) is 21.7. The van der Waals surface area contributed by atoms with Crippen molar-refractivity contribution in [2.45, 2.75) is 25.8 Å². The van der Waals surface area contributed by atoms with Crippen LogP contribution in [0.15, 0.2) is 47.5 Å². The van der Waals surface area contributed by atoms with Gasteiger partial charge in [0.2, 0.25) is 0 Å². The summed E-state index contributed by atoms with van der Waals surface area (Å²) in [6.45, 7) is 8.66. The Balaban J connectivity index is 1.65. The summed E-state index contributed by atoms with van der Waals surface area (Å²) in [5.41, 5.74) is 6.02. The number of fused-ring (bicyclic) bond motifs is 1. The molecule has 1 aromatic heterocycles. The van der Waals surface area contributed by atoms with Crippen LogP contribution in [-0.4, -0.2) is 47.0 Å². The van der Waals surface area contributed by atoms with Crippen molar-refractivity contribution in [3.63, 3.8) is 0 Å². The molecule has 1 saturated heterocycles. The van der Waals surface area contributed by atoms with Crippen LogP contribution in [0.25, 0.3) is 6.08 Å². The molecular formula is C20H24FN5O. The first-order valence-electron chi connectivity index (χ1n) is 9.35. The number of ether oxygens (including phenoxy) is 1. The van der Waals surface area contributed by atoms with Crippen molar-refractivity contribution < 1.29 is 9.13 Å². The molecular weight excluding hydrogens is 345 g/mol. The molecule has 7 heteroatoms. The molecule has 27 heavy (non-hydrogen) atoms. The molecule has 1 fully saturated rings. The van der Waals surface area contributed by atoms with Crippen LogP contribution in [0.1, 0.15) is 37.1 Å². The van der Waals surface area contributed by atoms with Crippen molar-refractivity contribution in [2.24, 2.45) is 4.99 Å². The SMILES string of the molecule is C=Cc1ncc(F)cc1C1CCCN1C1=NC2=C(COCC)CNN2C=C1. The molecule has 1 aromatic rings. The minimum atomic E-state index is -0.323. The fraction of sp³-hybridized carbons (Fsp3) is 0.400. The number of nitrogens with one attached hydrogen (secondary N) is 1. The van der Waals surface area contributed by atoms with E-state index in [4.69, 9.17) is 9.73 Å². The lowest BCUT2D eigenvalue weighted by atomic mass is 10.0. The second-order valence-corrected chi connectivity index (χ2v) is 6.74. The van der Waals surface area contributed by atoms with E-state index < -0.39 is 0 Å². The largest absolute Gasteiger partial charge is 0.377 e. The molecule has 3 aliphatic heterocycles. The number of hydrogen-bond acceptors (Lipinski definition) is 6. The Labute approximate surface area is 158 Å². The molecule has 1 unspecified atom stereocenters. The molecule has 3 aliphatic rings. The number of hydrogen-bond donors (Lipinski definition) is 1. The second kappa shape index (κ2) is 7.62. The molecule has 4 heterocycles. The van der Waals surface area contributed by atoms with Crippen molar-refractivity contribution in [3.05, 3.63) is 59.6 Å². The Hall–Kier alpha value is -2.51. The maximum absolute atomic E-state index is 13.9.